The van der Waals surface area contributed by atoms with Gasteiger partial charge in [0.2, 0.25) is 5.91 Å². The summed E-state index contributed by atoms with van der Waals surface area (Å²) < 4.78 is 5.43. The molecule has 4 N–H and O–H groups in total. The normalized spacial score (nSPS) is 15.2. The number of alkyl carbamates (subject to hydrolysis) is 1. The maximum absolute atomic E-state index is 12.4. The van der Waals surface area contributed by atoms with Crippen molar-refractivity contribution in [1.82, 2.24) is 10.6 Å². The second-order valence-corrected chi connectivity index (χ2v) is 7.50. The third kappa shape index (κ3) is 4.86. The van der Waals surface area contributed by atoms with Gasteiger partial charge in [-0.25, -0.2) is 9.59 Å². The van der Waals surface area contributed by atoms with Gasteiger partial charge in [0.05, 0.1) is 6.10 Å². The Hall–Kier alpha value is -3.39. The van der Waals surface area contributed by atoms with Crippen LogP contribution in [0.4, 0.5) is 4.79 Å². The lowest BCUT2D eigenvalue weighted by Gasteiger charge is -2.22. The smallest absolute Gasteiger partial charge is 0.407 e. The molecule has 0 heterocycles. The number of carboxylic acid groups (broad SMARTS) is 1. The molecule has 3 unspecified atom stereocenters. The topological polar surface area (TPSA) is 125 Å². The van der Waals surface area contributed by atoms with E-state index in [-0.39, 0.29) is 18.9 Å². The molecular formula is C23H26N2O6. The number of fused-ring (bicyclic) bond motifs is 3. The molecule has 8 nitrogen and oxygen atoms in total. The first-order valence-corrected chi connectivity index (χ1v) is 10.2. The van der Waals surface area contributed by atoms with Crippen LogP contribution in [0.1, 0.15) is 37.3 Å². The number of amides is 2. The van der Waals surface area contributed by atoms with Crippen LogP contribution in [0.3, 0.4) is 0 Å². The van der Waals surface area contributed by atoms with Crippen LogP contribution in [0.5, 0.6) is 0 Å². The van der Waals surface area contributed by atoms with Gasteiger partial charge in [-0.1, -0.05) is 55.5 Å². The molecule has 164 valence electrons. The number of nitrogens with one attached hydrogen (secondary N) is 2. The predicted octanol–water partition coefficient (Wildman–Crippen LogP) is 2.25. The largest absolute Gasteiger partial charge is 0.480 e. The summed E-state index contributed by atoms with van der Waals surface area (Å²) in [5.74, 6) is -2.18. The molecule has 8 heteroatoms. The Morgan fingerprint density at radius 2 is 1.55 bits per heavy atom. The molecule has 2 aromatic rings. The number of hydrogen-bond donors (Lipinski definition) is 4. The zero-order valence-electron chi connectivity index (χ0n) is 17.4. The first kappa shape index (κ1) is 22.3. The average Bonchev–Trinajstić information content (AvgIpc) is 3.07. The average molecular weight is 426 g/mol. The number of aliphatic hydroxyl groups excluding tert-OH is 1. The fraction of sp³-hybridized carbons (Fsp3) is 0.348. The van der Waals surface area contributed by atoms with Crippen LogP contribution in [0.25, 0.3) is 11.1 Å². The molecule has 0 aliphatic heterocycles. The van der Waals surface area contributed by atoms with E-state index in [0.717, 1.165) is 22.3 Å². The maximum atomic E-state index is 12.4. The minimum Gasteiger partial charge on any atom is -0.480 e. The highest BCUT2D eigenvalue weighted by Crippen LogP contribution is 2.44. The molecule has 1 aliphatic carbocycles. The Morgan fingerprint density at radius 1 is 1.00 bits per heavy atom. The number of carboxylic acids is 1. The molecule has 2 amide bonds. The molecular weight excluding hydrogens is 400 g/mol. The minimum atomic E-state index is -1.47. The van der Waals surface area contributed by atoms with Crippen molar-refractivity contribution in [3.05, 3.63) is 59.7 Å². The third-order valence-electron chi connectivity index (χ3n) is 5.41. The van der Waals surface area contributed by atoms with Crippen LogP contribution in [-0.2, 0) is 14.3 Å². The van der Waals surface area contributed by atoms with Gasteiger partial charge in [-0.3, -0.25) is 4.79 Å². The molecule has 0 saturated carbocycles. The number of carbonyl (C=O) groups excluding carboxylic acids is 2. The molecule has 0 bridgehead atoms. The monoisotopic (exact) mass is 426 g/mol. The summed E-state index contributed by atoms with van der Waals surface area (Å²) in [6, 6.07) is 13.4. The zero-order chi connectivity index (χ0) is 22.5. The molecule has 3 rings (SSSR count). The van der Waals surface area contributed by atoms with Gasteiger partial charge in [-0.2, -0.15) is 0 Å². The number of ether oxygens (including phenoxy) is 1. The second kappa shape index (κ2) is 9.61. The Labute approximate surface area is 180 Å². The van der Waals surface area contributed by atoms with Gasteiger partial charge in [0, 0.05) is 5.92 Å². The van der Waals surface area contributed by atoms with Gasteiger partial charge in [-0.15, -0.1) is 0 Å². The van der Waals surface area contributed by atoms with Crippen molar-refractivity contribution >= 4 is 18.0 Å². The van der Waals surface area contributed by atoms with Crippen LogP contribution in [0, 0.1) is 0 Å². The van der Waals surface area contributed by atoms with Gasteiger partial charge >= 0.3 is 12.1 Å². The molecule has 0 radical (unpaired) electrons. The number of carbonyl (C=O) groups is 3. The van der Waals surface area contributed by atoms with E-state index in [1.807, 2.05) is 48.5 Å². The van der Waals surface area contributed by atoms with Crippen molar-refractivity contribution in [2.24, 2.45) is 0 Å². The number of aliphatic carboxylic acids is 1. The highest BCUT2D eigenvalue weighted by molar-refractivity contribution is 5.89. The van der Waals surface area contributed by atoms with Gasteiger partial charge in [0.15, 0.2) is 6.04 Å². The van der Waals surface area contributed by atoms with Crippen molar-refractivity contribution in [3.8, 4) is 11.1 Å². The van der Waals surface area contributed by atoms with Gasteiger partial charge < -0.3 is 25.6 Å². The third-order valence-corrected chi connectivity index (χ3v) is 5.41. The van der Waals surface area contributed by atoms with Crippen molar-refractivity contribution in [2.75, 3.05) is 6.61 Å². The summed E-state index contributed by atoms with van der Waals surface area (Å²) in [5, 5.41) is 23.3. The molecule has 0 spiro atoms. The Kier molecular flexibility index (Phi) is 6.91. The molecule has 2 aromatic carbocycles. The van der Waals surface area contributed by atoms with Crippen LogP contribution >= 0.6 is 0 Å². The number of benzene rings is 2. The van der Waals surface area contributed by atoms with E-state index in [2.05, 4.69) is 10.6 Å². The van der Waals surface area contributed by atoms with Crippen molar-refractivity contribution < 1.29 is 29.3 Å². The number of aliphatic hydroxyl groups is 1. The van der Waals surface area contributed by atoms with Gasteiger partial charge in [-0.05, 0) is 35.6 Å². The summed E-state index contributed by atoms with van der Waals surface area (Å²) in [6.07, 6.45) is -1.83. The van der Waals surface area contributed by atoms with E-state index in [1.54, 1.807) is 6.92 Å². The minimum absolute atomic E-state index is 0.101. The quantitative estimate of drug-likeness (QED) is 0.513. The van der Waals surface area contributed by atoms with Crippen LogP contribution in [0.2, 0.25) is 0 Å². The Balaban J connectivity index is 1.63. The number of hydrogen-bond acceptors (Lipinski definition) is 5. The zero-order valence-corrected chi connectivity index (χ0v) is 17.4. The number of rotatable bonds is 8. The van der Waals surface area contributed by atoms with Crippen molar-refractivity contribution in [3.63, 3.8) is 0 Å². The lowest BCUT2D eigenvalue weighted by molar-refractivity contribution is -0.145. The Morgan fingerprint density at radius 3 is 2.03 bits per heavy atom. The van der Waals surface area contributed by atoms with Crippen LogP contribution in [0.15, 0.2) is 48.5 Å². The fourth-order valence-electron chi connectivity index (χ4n) is 3.78. The second-order valence-electron chi connectivity index (χ2n) is 7.50. The highest BCUT2D eigenvalue weighted by Gasteiger charge is 2.31. The van der Waals surface area contributed by atoms with E-state index in [0.29, 0.717) is 0 Å². The van der Waals surface area contributed by atoms with Crippen molar-refractivity contribution in [2.45, 2.75) is 44.4 Å². The summed E-state index contributed by atoms with van der Waals surface area (Å²) in [5.41, 5.74) is 4.36. The maximum Gasteiger partial charge on any atom is 0.407 e. The summed E-state index contributed by atoms with van der Waals surface area (Å²) in [7, 11) is 0. The lowest BCUT2D eigenvalue weighted by Crippen LogP contribution is -2.54. The molecule has 1 aliphatic rings. The fourth-order valence-corrected chi connectivity index (χ4v) is 3.78. The first-order chi connectivity index (χ1) is 14.8. The van der Waals surface area contributed by atoms with E-state index in [9.17, 15) is 19.5 Å². The first-order valence-electron chi connectivity index (χ1n) is 10.2. The van der Waals surface area contributed by atoms with Crippen LogP contribution < -0.4 is 10.6 Å². The van der Waals surface area contributed by atoms with Gasteiger partial charge in [0.25, 0.3) is 0 Å². The molecule has 3 atom stereocenters. The summed E-state index contributed by atoms with van der Waals surface area (Å²) >= 11 is 0. The molecule has 0 saturated heterocycles. The van der Waals surface area contributed by atoms with E-state index < -0.39 is 36.2 Å². The van der Waals surface area contributed by atoms with E-state index >= 15 is 0 Å². The molecule has 0 aromatic heterocycles. The molecule has 31 heavy (non-hydrogen) atoms. The summed E-state index contributed by atoms with van der Waals surface area (Å²) in [6.45, 7) is 3.04. The van der Waals surface area contributed by atoms with E-state index in [4.69, 9.17) is 9.84 Å². The van der Waals surface area contributed by atoms with Crippen LogP contribution in [-0.4, -0.2) is 53.0 Å². The standard InChI is InChI=1S/C23H26N2O6/c1-3-19(21(27)25-20(13(2)26)22(28)29)24-23(30)31-12-18-16-10-6-4-8-14(16)15-9-5-7-11-17(15)18/h4-11,13,18-20,26H,3,12H2,1-2H3,(H,24,30)(H,25,27)(H,28,29). The predicted molar refractivity (Wildman–Crippen MR) is 114 cm³/mol. The van der Waals surface area contributed by atoms with Crippen molar-refractivity contribution in [1.29, 1.82) is 0 Å². The molecule has 0 fully saturated rings. The highest BCUT2D eigenvalue weighted by atomic mass is 16.5. The van der Waals surface area contributed by atoms with E-state index in [1.165, 1.54) is 6.92 Å². The van der Waals surface area contributed by atoms with Gasteiger partial charge in [0.1, 0.15) is 12.6 Å². The SMILES string of the molecule is CCC(NC(=O)OCC1c2ccccc2-c2ccccc21)C(=O)NC(C(=O)O)C(C)O. The Bertz CT molecular complexity index is 929. The summed E-state index contributed by atoms with van der Waals surface area (Å²) in [4.78, 5) is 35.9. The lowest BCUT2D eigenvalue weighted by atomic mass is 9.98.